The summed E-state index contributed by atoms with van der Waals surface area (Å²) in [6.45, 7) is 2.47. The fourth-order valence-electron chi connectivity index (χ4n) is 3.69. The van der Waals surface area contributed by atoms with E-state index in [0.717, 1.165) is 37.5 Å². The molecule has 0 atom stereocenters. The van der Waals surface area contributed by atoms with Gasteiger partial charge in [-0.15, -0.1) is 0 Å². The largest absolute Gasteiger partial charge is 0.484 e. The fraction of sp³-hybridized carbons (Fsp3) is 0.500. The highest BCUT2D eigenvalue weighted by Crippen LogP contribution is 2.28. The second kappa shape index (κ2) is 9.58. The van der Waals surface area contributed by atoms with Crippen LogP contribution in [0.25, 0.3) is 11.0 Å². The number of benzene rings is 1. The van der Waals surface area contributed by atoms with Crippen molar-refractivity contribution in [3.63, 3.8) is 0 Å². The molecule has 0 unspecified atom stereocenters. The van der Waals surface area contributed by atoms with E-state index in [4.69, 9.17) is 9.15 Å². The van der Waals surface area contributed by atoms with E-state index in [1.165, 1.54) is 6.07 Å². The molecule has 0 spiro atoms. The van der Waals surface area contributed by atoms with Gasteiger partial charge in [0.1, 0.15) is 16.9 Å². The van der Waals surface area contributed by atoms with Gasteiger partial charge in [-0.1, -0.05) is 32.6 Å². The van der Waals surface area contributed by atoms with E-state index in [2.05, 4.69) is 17.6 Å². The second-order valence-electron chi connectivity index (χ2n) is 7.54. The first-order valence-corrected chi connectivity index (χ1v) is 10.3. The minimum absolute atomic E-state index is 0.105. The Bertz CT molecular complexity index is 915. The summed E-state index contributed by atoms with van der Waals surface area (Å²) < 4.78 is 10.7. The summed E-state index contributed by atoms with van der Waals surface area (Å²) in [7, 11) is 0. The molecule has 1 saturated carbocycles. The van der Waals surface area contributed by atoms with Crippen LogP contribution in [0.5, 0.6) is 5.75 Å². The van der Waals surface area contributed by atoms with Gasteiger partial charge in [0, 0.05) is 24.1 Å². The van der Waals surface area contributed by atoms with Crippen molar-refractivity contribution in [2.45, 2.75) is 57.4 Å². The molecule has 1 aliphatic carbocycles. The number of fused-ring (bicyclic) bond motifs is 1. The van der Waals surface area contributed by atoms with E-state index >= 15 is 0 Å². The topological polar surface area (TPSA) is 97.6 Å². The van der Waals surface area contributed by atoms with Crippen molar-refractivity contribution in [1.82, 2.24) is 10.6 Å². The van der Waals surface area contributed by atoms with E-state index in [-0.39, 0.29) is 18.4 Å². The molecule has 0 aliphatic heterocycles. The Balaban J connectivity index is 1.62. The smallest absolute Gasteiger partial charge is 0.336 e. The number of nitrogens with one attached hydrogen (secondary N) is 2. The van der Waals surface area contributed by atoms with Gasteiger partial charge < -0.3 is 19.8 Å². The molecule has 3 rings (SSSR count). The summed E-state index contributed by atoms with van der Waals surface area (Å²) in [6, 6.07) is 8.07. The van der Waals surface area contributed by atoms with Gasteiger partial charge in [0.2, 0.25) is 5.91 Å². The van der Waals surface area contributed by atoms with Crippen LogP contribution in [0.3, 0.4) is 0 Å². The predicted octanol–water partition coefficient (Wildman–Crippen LogP) is 2.91. The molecule has 1 aromatic carbocycles. The first-order valence-electron chi connectivity index (χ1n) is 10.3. The average molecular weight is 400 g/mol. The van der Waals surface area contributed by atoms with Crippen LogP contribution in [0.1, 0.15) is 51.9 Å². The van der Waals surface area contributed by atoms with E-state index in [0.29, 0.717) is 30.7 Å². The van der Waals surface area contributed by atoms with Crippen molar-refractivity contribution in [2.75, 3.05) is 13.2 Å². The van der Waals surface area contributed by atoms with Crippen LogP contribution in [0, 0.1) is 0 Å². The second-order valence-corrected chi connectivity index (χ2v) is 7.54. The first kappa shape index (κ1) is 20.9. The molecular weight excluding hydrogens is 372 g/mol. The SMILES string of the molecule is CCCCNC(=O)C1(NC(=O)COc2ccc3ccc(=O)oc3c2)CCCCC1. The normalized spacial score (nSPS) is 15.6. The highest BCUT2D eigenvalue weighted by Gasteiger charge is 2.40. The number of unbranched alkanes of at least 4 members (excludes halogenated alkanes) is 1. The van der Waals surface area contributed by atoms with Crippen LogP contribution in [0.4, 0.5) is 0 Å². The van der Waals surface area contributed by atoms with Crippen LogP contribution in [-0.4, -0.2) is 30.5 Å². The lowest BCUT2D eigenvalue weighted by Crippen LogP contribution is -2.60. The van der Waals surface area contributed by atoms with Crippen molar-refractivity contribution < 1.29 is 18.7 Å². The molecule has 1 aromatic heterocycles. The van der Waals surface area contributed by atoms with E-state index in [1.54, 1.807) is 24.3 Å². The Hall–Kier alpha value is -2.83. The molecule has 0 saturated heterocycles. The van der Waals surface area contributed by atoms with Gasteiger partial charge in [0.05, 0.1) is 0 Å². The summed E-state index contributed by atoms with van der Waals surface area (Å²) in [5.41, 5.74) is -0.905. The molecule has 156 valence electrons. The Labute approximate surface area is 169 Å². The van der Waals surface area contributed by atoms with Crippen LogP contribution < -0.4 is 21.0 Å². The number of carbonyl (C=O) groups is 2. The standard InChI is InChI=1S/C22H28N2O5/c1-2-3-13-23-21(27)22(11-5-4-6-12-22)24-19(25)15-28-17-9-7-16-8-10-20(26)29-18(16)14-17/h7-10,14H,2-6,11-13,15H2,1H3,(H,23,27)(H,24,25). The van der Waals surface area contributed by atoms with Crippen molar-refractivity contribution in [2.24, 2.45) is 0 Å². The van der Waals surface area contributed by atoms with Crippen molar-refractivity contribution in [1.29, 1.82) is 0 Å². The summed E-state index contributed by atoms with van der Waals surface area (Å²) in [5, 5.41) is 6.66. The van der Waals surface area contributed by atoms with Crippen LogP contribution in [0.15, 0.2) is 39.5 Å². The number of carbonyl (C=O) groups excluding carboxylic acids is 2. The quantitative estimate of drug-likeness (QED) is 0.524. The minimum Gasteiger partial charge on any atom is -0.484 e. The van der Waals surface area contributed by atoms with Crippen LogP contribution in [0.2, 0.25) is 0 Å². The van der Waals surface area contributed by atoms with Gasteiger partial charge in [-0.05, 0) is 37.5 Å². The first-order chi connectivity index (χ1) is 14.0. The summed E-state index contributed by atoms with van der Waals surface area (Å²) in [6.07, 6.45) is 6.07. The summed E-state index contributed by atoms with van der Waals surface area (Å²) in [4.78, 5) is 36.7. The molecule has 2 amide bonds. The van der Waals surface area contributed by atoms with Gasteiger partial charge >= 0.3 is 5.63 Å². The minimum atomic E-state index is -0.859. The Kier molecular flexibility index (Phi) is 6.90. The van der Waals surface area contributed by atoms with Crippen LogP contribution >= 0.6 is 0 Å². The molecule has 1 fully saturated rings. The molecule has 0 bridgehead atoms. The highest BCUT2D eigenvalue weighted by atomic mass is 16.5. The van der Waals surface area contributed by atoms with E-state index in [1.807, 2.05) is 0 Å². The number of hydrogen-bond acceptors (Lipinski definition) is 5. The van der Waals surface area contributed by atoms with Gasteiger partial charge in [0.25, 0.3) is 5.91 Å². The van der Waals surface area contributed by atoms with E-state index in [9.17, 15) is 14.4 Å². The molecule has 1 heterocycles. The summed E-state index contributed by atoms with van der Waals surface area (Å²) in [5.74, 6) is -0.0225. The number of rotatable bonds is 8. The Morgan fingerprint density at radius 2 is 1.90 bits per heavy atom. The molecule has 7 nitrogen and oxygen atoms in total. The lowest BCUT2D eigenvalue weighted by molar-refractivity contribution is -0.135. The third-order valence-corrected chi connectivity index (χ3v) is 5.30. The predicted molar refractivity (Wildman–Crippen MR) is 110 cm³/mol. The molecule has 7 heteroatoms. The maximum atomic E-state index is 12.8. The molecule has 0 radical (unpaired) electrons. The van der Waals surface area contributed by atoms with E-state index < -0.39 is 11.2 Å². The Morgan fingerprint density at radius 3 is 2.66 bits per heavy atom. The third kappa shape index (κ3) is 5.37. The maximum Gasteiger partial charge on any atom is 0.336 e. The van der Waals surface area contributed by atoms with Gasteiger partial charge in [-0.25, -0.2) is 4.79 Å². The van der Waals surface area contributed by atoms with Crippen molar-refractivity contribution in [3.8, 4) is 5.75 Å². The number of amides is 2. The molecular formula is C22H28N2O5. The zero-order chi connectivity index (χ0) is 20.7. The molecule has 29 heavy (non-hydrogen) atoms. The molecule has 2 N–H and O–H groups in total. The summed E-state index contributed by atoms with van der Waals surface area (Å²) >= 11 is 0. The average Bonchev–Trinajstić information content (AvgIpc) is 2.72. The van der Waals surface area contributed by atoms with Crippen molar-refractivity contribution >= 4 is 22.8 Å². The Morgan fingerprint density at radius 1 is 1.14 bits per heavy atom. The highest BCUT2D eigenvalue weighted by molar-refractivity contribution is 5.92. The van der Waals surface area contributed by atoms with Gasteiger partial charge in [-0.2, -0.15) is 0 Å². The van der Waals surface area contributed by atoms with Gasteiger partial charge in [0.15, 0.2) is 6.61 Å². The zero-order valence-electron chi connectivity index (χ0n) is 16.8. The maximum absolute atomic E-state index is 12.8. The number of hydrogen-bond donors (Lipinski definition) is 2. The van der Waals surface area contributed by atoms with Crippen molar-refractivity contribution in [3.05, 3.63) is 40.8 Å². The van der Waals surface area contributed by atoms with Crippen LogP contribution in [-0.2, 0) is 9.59 Å². The van der Waals surface area contributed by atoms with Gasteiger partial charge in [-0.3, -0.25) is 9.59 Å². The monoisotopic (exact) mass is 400 g/mol. The third-order valence-electron chi connectivity index (χ3n) is 5.30. The lowest BCUT2D eigenvalue weighted by Gasteiger charge is -2.36. The lowest BCUT2D eigenvalue weighted by atomic mass is 9.80. The fourth-order valence-corrected chi connectivity index (χ4v) is 3.69. The zero-order valence-corrected chi connectivity index (χ0v) is 16.8. The number of ether oxygens (including phenoxy) is 1. The molecule has 1 aliphatic rings. The molecule has 2 aromatic rings.